The van der Waals surface area contributed by atoms with E-state index in [4.69, 9.17) is 0 Å². The first kappa shape index (κ1) is 18.7. The predicted octanol–water partition coefficient (Wildman–Crippen LogP) is 1.45. The van der Waals surface area contributed by atoms with Gasteiger partial charge in [-0.15, -0.1) is 0 Å². The summed E-state index contributed by atoms with van der Waals surface area (Å²) in [6.07, 6.45) is -5.81. The summed E-state index contributed by atoms with van der Waals surface area (Å²) in [6.45, 7) is 6.21. The van der Waals surface area contributed by atoms with Crippen molar-refractivity contribution < 1.29 is 27.9 Å². The molecule has 0 bridgehead atoms. The van der Waals surface area contributed by atoms with Crippen molar-refractivity contribution in [3.05, 3.63) is 0 Å². The molecule has 128 valence electrons. The van der Waals surface area contributed by atoms with Crippen molar-refractivity contribution in [2.24, 2.45) is 5.41 Å². The van der Waals surface area contributed by atoms with Crippen molar-refractivity contribution >= 4 is 11.8 Å². The minimum Gasteiger partial charge on any atom is -0.380 e. The Morgan fingerprint density at radius 2 is 1.64 bits per heavy atom. The van der Waals surface area contributed by atoms with Gasteiger partial charge in [0.25, 0.3) is 0 Å². The Labute approximate surface area is 127 Å². The lowest BCUT2D eigenvalue weighted by Gasteiger charge is -2.40. The number of alkyl halides is 3. The highest BCUT2D eigenvalue weighted by molar-refractivity contribution is 5.89. The van der Waals surface area contributed by atoms with Crippen LogP contribution in [0.2, 0.25) is 0 Å². The van der Waals surface area contributed by atoms with E-state index in [9.17, 15) is 27.9 Å². The van der Waals surface area contributed by atoms with Crippen molar-refractivity contribution in [3.8, 4) is 0 Å². The van der Waals surface area contributed by atoms with Crippen LogP contribution < -0.4 is 5.32 Å². The summed E-state index contributed by atoms with van der Waals surface area (Å²) in [6, 6.07) is -0.816. The van der Waals surface area contributed by atoms with Crippen LogP contribution >= 0.6 is 0 Å². The van der Waals surface area contributed by atoms with E-state index in [0.717, 1.165) is 0 Å². The van der Waals surface area contributed by atoms with E-state index in [0.29, 0.717) is 0 Å². The van der Waals surface area contributed by atoms with Crippen LogP contribution in [0.5, 0.6) is 0 Å². The van der Waals surface area contributed by atoms with Gasteiger partial charge in [-0.3, -0.25) is 9.59 Å². The molecule has 0 aromatic carbocycles. The number of rotatable bonds is 2. The van der Waals surface area contributed by atoms with Gasteiger partial charge in [0.15, 0.2) is 5.60 Å². The zero-order valence-electron chi connectivity index (χ0n) is 13.3. The third kappa shape index (κ3) is 4.12. The molecule has 1 saturated heterocycles. The van der Waals surface area contributed by atoms with Crippen LogP contribution in [0.3, 0.4) is 0 Å². The molecule has 22 heavy (non-hydrogen) atoms. The highest BCUT2D eigenvalue weighted by Gasteiger charge is 2.55. The molecule has 0 aliphatic carbocycles. The Morgan fingerprint density at radius 3 is 2.00 bits per heavy atom. The van der Waals surface area contributed by atoms with Crippen molar-refractivity contribution in [2.45, 2.75) is 58.4 Å². The Morgan fingerprint density at radius 1 is 1.18 bits per heavy atom. The average molecular weight is 324 g/mol. The molecule has 2 N–H and O–H groups in total. The van der Waals surface area contributed by atoms with E-state index in [1.54, 1.807) is 20.8 Å². The molecule has 1 heterocycles. The van der Waals surface area contributed by atoms with Gasteiger partial charge in [0.05, 0.1) is 0 Å². The Hall–Kier alpha value is -1.31. The summed E-state index contributed by atoms with van der Waals surface area (Å²) in [4.78, 5) is 25.2. The van der Waals surface area contributed by atoms with Crippen LogP contribution in [0.15, 0.2) is 0 Å². The summed E-state index contributed by atoms with van der Waals surface area (Å²) in [7, 11) is 0. The van der Waals surface area contributed by atoms with Crippen molar-refractivity contribution in [1.82, 2.24) is 10.2 Å². The number of likely N-dealkylation sites (tertiary alicyclic amines) is 1. The lowest BCUT2D eigenvalue weighted by molar-refractivity contribution is -0.272. The van der Waals surface area contributed by atoms with Gasteiger partial charge in [-0.05, 0) is 6.92 Å². The molecular formula is C14H23F3N2O3. The number of piperidine rings is 1. The molecule has 5 nitrogen and oxygen atoms in total. The summed E-state index contributed by atoms with van der Waals surface area (Å²) in [5, 5.41) is 12.1. The predicted molar refractivity (Wildman–Crippen MR) is 73.9 cm³/mol. The Balaban J connectivity index is 2.61. The average Bonchev–Trinajstić information content (AvgIpc) is 2.36. The maximum atomic E-state index is 12.7. The van der Waals surface area contributed by atoms with Crippen LogP contribution in [0.4, 0.5) is 13.2 Å². The van der Waals surface area contributed by atoms with Gasteiger partial charge in [0.2, 0.25) is 11.8 Å². The lowest BCUT2D eigenvalue weighted by atomic mass is 9.90. The first-order valence-corrected chi connectivity index (χ1v) is 7.17. The van der Waals surface area contributed by atoms with Crippen molar-refractivity contribution in [1.29, 1.82) is 0 Å². The number of carbonyl (C=O) groups is 2. The molecule has 0 aromatic rings. The maximum absolute atomic E-state index is 12.7. The highest BCUT2D eigenvalue weighted by atomic mass is 19.4. The van der Waals surface area contributed by atoms with Gasteiger partial charge in [-0.25, -0.2) is 0 Å². The minimum atomic E-state index is -4.70. The van der Waals surface area contributed by atoms with E-state index >= 15 is 0 Å². The van der Waals surface area contributed by atoms with Gasteiger partial charge in [0.1, 0.15) is 6.04 Å². The fraction of sp³-hybridized carbons (Fsp3) is 0.857. The van der Waals surface area contributed by atoms with Crippen LogP contribution in [-0.4, -0.2) is 52.7 Å². The van der Waals surface area contributed by atoms with E-state index in [1.807, 2.05) is 0 Å². The zero-order valence-corrected chi connectivity index (χ0v) is 13.3. The fourth-order valence-corrected chi connectivity index (χ4v) is 2.13. The van der Waals surface area contributed by atoms with Crippen molar-refractivity contribution in [2.75, 3.05) is 13.1 Å². The van der Waals surface area contributed by atoms with Gasteiger partial charge >= 0.3 is 6.18 Å². The van der Waals surface area contributed by atoms with Gasteiger partial charge < -0.3 is 15.3 Å². The number of amides is 2. The molecular weight excluding hydrogens is 301 g/mol. The van der Waals surface area contributed by atoms with E-state index in [1.165, 1.54) is 11.8 Å². The standard InChI is InChI=1S/C14H23F3N2O3/c1-9(18-11(21)12(2,3)4)10(20)19-7-5-13(22,6-8-19)14(15,16)17/h9,22H,5-8H2,1-4H3,(H,18,21). The summed E-state index contributed by atoms with van der Waals surface area (Å²) in [5.41, 5.74) is -3.39. The summed E-state index contributed by atoms with van der Waals surface area (Å²) < 4.78 is 38.1. The summed E-state index contributed by atoms with van der Waals surface area (Å²) in [5.74, 6) is -0.751. The number of nitrogens with one attached hydrogen (secondary N) is 1. The smallest absolute Gasteiger partial charge is 0.380 e. The van der Waals surface area contributed by atoms with Gasteiger partial charge in [0, 0.05) is 31.3 Å². The third-order valence-electron chi connectivity index (χ3n) is 3.83. The first-order valence-electron chi connectivity index (χ1n) is 7.17. The van der Waals surface area contributed by atoms with Crippen LogP contribution in [0.1, 0.15) is 40.5 Å². The van der Waals surface area contributed by atoms with E-state index in [-0.39, 0.29) is 19.0 Å². The number of aliphatic hydroxyl groups is 1. The molecule has 1 aliphatic rings. The van der Waals surface area contributed by atoms with Crippen LogP contribution in [0.25, 0.3) is 0 Å². The maximum Gasteiger partial charge on any atom is 0.417 e. The number of hydrogen-bond acceptors (Lipinski definition) is 3. The quantitative estimate of drug-likeness (QED) is 0.808. The molecule has 1 unspecified atom stereocenters. The van der Waals surface area contributed by atoms with Crippen molar-refractivity contribution in [3.63, 3.8) is 0 Å². The number of carbonyl (C=O) groups excluding carboxylic acids is 2. The molecule has 1 atom stereocenters. The van der Waals surface area contributed by atoms with Gasteiger partial charge in [-0.1, -0.05) is 20.8 Å². The monoisotopic (exact) mass is 324 g/mol. The van der Waals surface area contributed by atoms with E-state index in [2.05, 4.69) is 5.32 Å². The summed E-state index contributed by atoms with van der Waals surface area (Å²) >= 11 is 0. The second-order valence-corrected chi connectivity index (χ2v) is 6.80. The third-order valence-corrected chi connectivity index (χ3v) is 3.83. The molecule has 0 aromatic heterocycles. The second kappa shape index (κ2) is 6.06. The van der Waals surface area contributed by atoms with Crippen LogP contribution in [0, 0.1) is 5.41 Å². The molecule has 2 amide bonds. The fourth-order valence-electron chi connectivity index (χ4n) is 2.13. The SMILES string of the molecule is CC(NC(=O)C(C)(C)C)C(=O)N1CCC(O)(C(F)(F)F)CC1. The second-order valence-electron chi connectivity index (χ2n) is 6.80. The number of nitrogens with zero attached hydrogens (tertiary/aromatic N) is 1. The van der Waals surface area contributed by atoms with E-state index < -0.39 is 42.0 Å². The lowest BCUT2D eigenvalue weighted by Crippen LogP contribution is -2.57. The van der Waals surface area contributed by atoms with Crippen LogP contribution in [-0.2, 0) is 9.59 Å². The number of halogens is 3. The zero-order chi connectivity index (χ0) is 17.3. The highest BCUT2D eigenvalue weighted by Crippen LogP contribution is 2.38. The minimum absolute atomic E-state index is 0.190. The first-order chi connectivity index (χ1) is 9.78. The Kier molecular flexibility index (Phi) is 5.16. The number of hydrogen-bond donors (Lipinski definition) is 2. The molecule has 0 radical (unpaired) electrons. The molecule has 1 rings (SSSR count). The van der Waals surface area contributed by atoms with Gasteiger partial charge in [-0.2, -0.15) is 13.2 Å². The molecule has 1 fully saturated rings. The molecule has 0 spiro atoms. The molecule has 1 aliphatic heterocycles. The molecule has 0 saturated carbocycles. The topological polar surface area (TPSA) is 69.6 Å². The molecule has 8 heteroatoms. The largest absolute Gasteiger partial charge is 0.417 e. The Bertz CT molecular complexity index is 436. The normalized spacial score (nSPS) is 20.5.